The van der Waals surface area contributed by atoms with Crippen molar-refractivity contribution in [2.45, 2.75) is 6.92 Å². The summed E-state index contributed by atoms with van der Waals surface area (Å²) in [6, 6.07) is 14.1. The van der Waals surface area contributed by atoms with E-state index in [0.717, 1.165) is 11.1 Å². The predicted octanol–water partition coefficient (Wildman–Crippen LogP) is 4.65. The van der Waals surface area contributed by atoms with Gasteiger partial charge in [0.15, 0.2) is 5.78 Å². The van der Waals surface area contributed by atoms with Crippen LogP contribution in [0.15, 0.2) is 63.8 Å². The molecule has 3 rings (SSSR count). The van der Waals surface area contributed by atoms with Crippen molar-refractivity contribution in [2.24, 2.45) is 0 Å². The minimum Gasteiger partial charge on any atom is -0.422 e. The molecule has 3 nitrogen and oxygen atoms in total. The Morgan fingerprint density at radius 3 is 2.57 bits per heavy atom. The van der Waals surface area contributed by atoms with E-state index in [1.54, 1.807) is 24.3 Å². The van der Waals surface area contributed by atoms with Crippen LogP contribution in [0.2, 0.25) is 5.02 Å². The van der Waals surface area contributed by atoms with Gasteiger partial charge in [0.25, 0.3) is 0 Å². The average molecular weight is 325 g/mol. The first-order valence-electron chi connectivity index (χ1n) is 7.05. The fraction of sp³-hybridized carbons (Fsp3) is 0.0526. The Labute approximate surface area is 137 Å². The van der Waals surface area contributed by atoms with E-state index in [-0.39, 0.29) is 5.56 Å². The summed E-state index contributed by atoms with van der Waals surface area (Å²) in [5.74, 6) is -0.402. The zero-order valence-electron chi connectivity index (χ0n) is 12.4. The molecular formula is C19H13ClO3. The normalized spacial score (nSPS) is 11.2. The first-order valence-corrected chi connectivity index (χ1v) is 7.43. The second-order valence-corrected chi connectivity index (χ2v) is 5.67. The molecule has 1 aromatic heterocycles. The molecule has 0 radical (unpaired) electrons. The number of carbonyl (C=O) groups excluding carboxylic acids is 1. The van der Waals surface area contributed by atoms with Crippen molar-refractivity contribution in [3.8, 4) is 0 Å². The first kappa shape index (κ1) is 15.3. The molecule has 0 saturated heterocycles. The highest BCUT2D eigenvalue weighted by Gasteiger charge is 2.11. The highest BCUT2D eigenvalue weighted by Crippen LogP contribution is 2.19. The SMILES string of the molecule is Cc1ccc(/C=C/C(=O)c2cc3cc(Cl)ccc3oc2=O)cc1. The Balaban J connectivity index is 1.95. The van der Waals surface area contributed by atoms with Crippen LogP contribution in [-0.2, 0) is 0 Å². The molecule has 23 heavy (non-hydrogen) atoms. The Hall–Kier alpha value is -2.65. The average Bonchev–Trinajstić information content (AvgIpc) is 2.54. The van der Waals surface area contributed by atoms with Crippen LogP contribution in [0.3, 0.4) is 0 Å². The highest BCUT2D eigenvalue weighted by molar-refractivity contribution is 6.31. The summed E-state index contributed by atoms with van der Waals surface area (Å²) in [4.78, 5) is 24.2. The van der Waals surface area contributed by atoms with Crippen molar-refractivity contribution < 1.29 is 9.21 Å². The summed E-state index contributed by atoms with van der Waals surface area (Å²) in [6.45, 7) is 1.99. The predicted molar refractivity (Wildman–Crippen MR) is 92.0 cm³/mol. The third-order valence-electron chi connectivity index (χ3n) is 3.46. The van der Waals surface area contributed by atoms with Crippen molar-refractivity contribution >= 4 is 34.4 Å². The zero-order chi connectivity index (χ0) is 16.4. The molecular weight excluding hydrogens is 312 g/mol. The molecule has 0 N–H and O–H groups in total. The fourth-order valence-corrected chi connectivity index (χ4v) is 2.39. The van der Waals surface area contributed by atoms with Crippen LogP contribution >= 0.6 is 11.6 Å². The molecule has 3 aromatic rings. The zero-order valence-corrected chi connectivity index (χ0v) is 13.1. The molecule has 114 valence electrons. The van der Waals surface area contributed by atoms with E-state index in [9.17, 15) is 9.59 Å². The van der Waals surface area contributed by atoms with E-state index in [2.05, 4.69) is 0 Å². The number of carbonyl (C=O) groups is 1. The lowest BCUT2D eigenvalue weighted by molar-refractivity contribution is 0.104. The van der Waals surface area contributed by atoms with E-state index in [1.165, 1.54) is 12.1 Å². The van der Waals surface area contributed by atoms with E-state index in [1.807, 2.05) is 31.2 Å². The molecule has 0 unspecified atom stereocenters. The molecule has 0 bridgehead atoms. The van der Waals surface area contributed by atoms with Gasteiger partial charge in [-0.1, -0.05) is 47.5 Å². The van der Waals surface area contributed by atoms with Crippen molar-refractivity contribution in [3.05, 3.63) is 86.7 Å². The van der Waals surface area contributed by atoms with E-state index < -0.39 is 11.4 Å². The number of halogens is 1. The quantitative estimate of drug-likeness (QED) is 0.400. The third-order valence-corrected chi connectivity index (χ3v) is 3.70. The van der Waals surface area contributed by atoms with Crippen LogP contribution < -0.4 is 5.63 Å². The summed E-state index contributed by atoms with van der Waals surface area (Å²) in [5, 5.41) is 1.13. The lowest BCUT2D eigenvalue weighted by Gasteiger charge is -2.00. The first-order chi connectivity index (χ1) is 11.0. The van der Waals surface area contributed by atoms with Gasteiger partial charge >= 0.3 is 5.63 Å². The standard InChI is InChI=1S/C19H13ClO3/c1-12-2-4-13(5-3-12)6-8-17(21)16-11-14-10-15(20)7-9-18(14)23-19(16)22/h2-11H,1H3/b8-6+. The molecule has 0 amide bonds. The smallest absolute Gasteiger partial charge is 0.347 e. The van der Waals surface area contributed by atoms with Gasteiger partial charge in [-0.2, -0.15) is 0 Å². The Morgan fingerprint density at radius 1 is 1.09 bits per heavy atom. The molecule has 0 aliphatic carbocycles. The van der Waals surface area contributed by atoms with Gasteiger partial charge in [0.1, 0.15) is 11.1 Å². The van der Waals surface area contributed by atoms with E-state index >= 15 is 0 Å². The summed E-state index contributed by atoms with van der Waals surface area (Å²) >= 11 is 5.93. The maximum atomic E-state index is 12.3. The minimum atomic E-state index is -0.654. The van der Waals surface area contributed by atoms with Crippen LogP contribution in [0.5, 0.6) is 0 Å². The summed E-state index contributed by atoms with van der Waals surface area (Å²) in [6.07, 6.45) is 3.04. The molecule has 1 heterocycles. The van der Waals surface area contributed by atoms with Gasteiger partial charge in [-0.3, -0.25) is 4.79 Å². The van der Waals surface area contributed by atoms with Gasteiger partial charge in [-0.25, -0.2) is 4.79 Å². The molecule has 2 aromatic carbocycles. The molecule has 0 spiro atoms. The van der Waals surface area contributed by atoms with E-state index in [4.69, 9.17) is 16.0 Å². The van der Waals surface area contributed by atoms with Crippen LogP contribution in [0.25, 0.3) is 17.0 Å². The number of hydrogen-bond acceptors (Lipinski definition) is 3. The van der Waals surface area contributed by atoms with Gasteiger partial charge in [0, 0.05) is 10.4 Å². The maximum Gasteiger partial charge on any atom is 0.347 e. The maximum absolute atomic E-state index is 12.3. The second-order valence-electron chi connectivity index (χ2n) is 5.24. The lowest BCUT2D eigenvalue weighted by atomic mass is 10.1. The van der Waals surface area contributed by atoms with Gasteiger partial charge in [0.2, 0.25) is 0 Å². The van der Waals surface area contributed by atoms with Gasteiger partial charge in [-0.05, 0) is 42.8 Å². The fourth-order valence-electron chi connectivity index (χ4n) is 2.21. The number of allylic oxidation sites excluding steroid dienone is 1. The number of rotatable bonds is 3. The van der Waals surface area contributed by atoms with Crippen LogP contribution in [0, 0.1) is 6.92 Å². The topological polar surface area (TPSA) is 47.3 Å². The molecule has 0 atom stereocenters. The largest absolute Gasteiger partial charge is 0.422 e. The van der Waals surface area contributed by atoms with Crippen LogP contribution in [-0.4, -0.2) is 5.78 Å². The van der Waals surface area contributed by atoms with Gasteiger partial charge < -0.3 is 4.42 Å². The molecule has 0 fully saturated rings. The monoisotopic (exact) mass is 324 g/mol. The number of fused-ring (bicyclic) bond motifs is 1. The molecule has 0 aliphatic rings. The number of benzene rings is 2. The molecule has 0 aliphatic heterocycles. The van der Waals surface area contributed by atoms with Crippen LogP contribution in [0.4, 0.5) is 0 Å². The minimum absolute atomic E-state index is 0.0110. The van der Waals surface area contributed by atoms with Crippen molar-refractivity contribution in [2.75, 3.05) is 0 Å². The second kappa shape index (κ2) is 6.23. The Morgan fingerprint density at radius 2 is 1.83 bits per heavy atom. The molecule has 4 heteroatoms. The number of ketones is 1. The summed E-state index contributed by atoms with van der Waals surface area (Å²) in [5.41, 5.74) is 1.76. The Bertz CT molecular complexity index is 966. The van der Waals surface area contributed by atoms with Crippen molar-refractivity contribution in [3.63, 3.8) is 0 Å². The lowest BCUT2D eigenvalue weighted by Crippen LogP contribution is -2.11. The third kappa shape index (κ3) is 3.41. The number of aryl methyl sites for hydroxylation is 1. The van der Waals surface area contributed by atoms with Crippen molar-refractivity contribution in [1.82, 2.24) is 0 Å². The number of hydrogen-bond donors (Lipinski definition) is 0. The van der Waals surface area contributed by atoms with E-state index in [0.29, 0.717) is 16.0 Å². The molecule has 0 saturated carbocycles. The van der Waals surface area contributed by atoms with Gasteiger partial charge in [-0.15, -0.1) is 0 Å². The summed E-state index contributed by atoms with van der Waals surface area (Å²) in [7, 11) is 0. The van der Waals surface area contributed by atoms with Gasteiger partial charge in [0.05, 0.1) is 0 Å². The Kier molecular flexibility index (Phi) is 4.13. The summed E-state index contributed by atoms with van der Waals surface area (Å²) < 4.78 is 5.17. The highest BCUT2D eigenvalue weighted by atomic mass is 35.5. The van der Waals surface area contributed by atoms with Crippen LogP contribution in [0.1, 0.15) is 21.5 Å². The van der Waals surface area contributed by atoms with Crippen molar-refractivity contribution in [1.29, 1.82) is 0 Å².